The maximum Gasteiger partial charge on any atom is 0.243 e. The average molecular weight is 305 g/mol. The fourth-order valence-corrected chi connectivity index (χ4v) is 3.34. The zero-order valence-corrected chi connectivity index (χ0v) is 12.0. The quantitative estimate of drug-likeness (QED) is 0.544. The van der Waals surface area contributed by atoms with E-state index in [1.165, 1.54) is 23.5 Å². The second-order valence-electron chi connectivity index (χ2n) is 4.84. The molecular weight excluding hydrogens is 290 g/mol. The molecule has 2 aromatic rings. The number of hydrazine groups is 1. The van der Waals surface area contributed by atoms with Crippen LogP contribution in [0.25, 0.3) is 0 Å². The Morgan fingerprint density at radius 3 is 2.62 bits per heavy atom. The summed E-state index contributed by atoms with van der Waals surface area (Å²) in [4.78, 5) is 7.61. The van der Waals surface area contributed by atoms with Crippen LogP contribution in [0.2, 0.25) is 0 Å². The summed E-state index contributed by atoms with van der Waals surface area (Å²) < 4.78 is 26.9. The number of hydrogen-bond donors (Lipinski definition) is 3. The molecule has 1 atom stereocenters. The number of nitrogens with zero attached hydrogens (tertiary/aromatic N) is 2. The molecule has 0 bridgehead atoms. The van der Waals surface area contributed by atoms with E-state index in [2.05, 4.69) is 26.2 Å². The number of anilines is 1. The van der Waals surface area contributed by atoms with Gasteiger partial charge in [0.15, 0.2) is 0 Å². The molecule has 1 unspecified atom stereocenters. The predicted octanol–water partition coefficient (Wildman–Crippen LogP) is 0.380. The average Bonchev–Trinajstić information content (AvgIpc) is 2.48. The van der Waals surface area contributed by atoms with Crippen molar-refractivity contribution in [3.63, 3.8) is 0 Å². The first-order valence-corrected chi connectivity index (χ1v) is 7.94. The Morgan fingerprint density at radius 2 is 1.95 bits per heavy atom. The van der Waals surface area contributed by atoms with Crippen LogP contribution in [0, 0.1) is 0 Å². The van der Waals surface area contributed by atoms with E-state index in [0.717, 1.165) is 6.42 Å². The number of rotatable bonds is 5. The van der Waals surface area contributed by atoms with Gasteiger partial charge in [-0.15, -0.1) is 0 Å². The van der Waals surface area contributed by atoms with E-state index in [4.69, 9.17) is 5.84 Å². The molecular formula is C13H15N5O2S. The Hall–Kier alpha value is -2.03. The lowest BCUT2D eigenvalue weighted by molar-refractivity contribution is 0.551. The summed E-state index contributed by atoms with van der Waals surface area (Å²) >= 11 is 0. The lowest BCUT2D eigenvalue weighted by Crippen LogP contribution is -2.33. The van der Waals surface area contributed by atoms with Crippen molar-refractivity contribution in [3.8, 4) is 0 Å². The molecule has 1 aliphatic carbocycles. The molecule has 0 fully saturated rings. The zero-order chi connectivity index (χ0) is 14.9. The third kappa shape index (κ3) is 2.73. The molecule has 0 aliphatic heterocycles. The van der Waals surface area contributed by atoms with Crippen molar-refractivity contribution in [2.45, 2.75) is 17.2 Å². The molecule has 0 radical (unpaired) electrons. The third-order valence-corrected chi connectivity index (χ3v) is 4.93. The SMILES string of the molecule is NNc1ncc(S(=O)(=O)NCC2Cc3ccccc32)cn1. The number of benzene rings is 1. The van der Waals surface area contributed by atoms with Crippen LogP contribution in [-0.4, -0.2) is 24.9 Å². The number of sulfonamides is 1. The molecule has 7 nitrogen and oxygen atoms in total. The summed E-state index contributed by atoms with van der Waals surface area (Å²) in [6.45, 7) is 0.371. The minimum atomic E-state index is -3.60. The second kappa shape index (κ2) is 5.40. The Bertz CT molecular complexity index is 745. The molecule has 0 saturated heterocycles. The Morgan fingerprint density at radius 1 is 1.24 bits per heavy atom. The van der Waals surface area contributed by atoms with E-state index in [9.17, 15) is 8.42 Å². The van der Waals surface area contributed by atoms with Crippen LogP contribution < -0.4 is 16.0 Å². The van der Waals surface area contributed by atoms with Crippen molar-refractivity contribution in [2.75, 3.05) is 12.0 Å². The summed E-state index contributed by atoms with van der Waals surface area (Å²) in [6, 6.07) is 8.05. The van der Waals surface area contributed by atoms with Crippen molar-refractivity contribution in [3.05, 3.63) is 47.8 Å². The van der Waals surface area contributed by atoms with Crippen molar-refractivity contribution in [1.29, 1.82) is 0 Å². The van der Waals surface area contributed by atoms with Crippen LogP contribution in [0.15, 0.2) is 41.6 Å². The highest BCUT2D eigenvalue weighted by atomic mass is 32.2. The van der Waals surface area contributed by atoms with Crippen molar-refractivity contribution < 1.29 is 8.42 Å². The molecule has 0 saturated carbocycles. The number of nitrogens with two attached hydrogens (primary N) is 1. The van der Waals surface area contributed by atoms with Crippen LogP contribution in [0.1, 0.15) is 17.0 Å². The topological polar surface area (TPSA) is 110 Å². The van der Waals surface area contributed by atoms with Gasteiger partial charge in [0, 0.05) is 12.5 Å². The number of fused-ring (bicyclic) bond motifs is 1. The van der Waals surface area contributed by atoms with E-state index in [0.29, 0.717) is 6.54 Å². The summed E-state index contributed by atoms with van der Waals surface area (Å²) in [5, 5.41) is 0. The van der Waals surface area contributed by atoms with Gasteiger partial charge in [-0.05, 0) is 17.5 Å². The number of nitrogens with one attached hydrogen (secondary N) is 2. The van der Waals surface area contributed by atoms with Crippen LogP contribution >= 0.6 is 0 Å². The lowest BCUT2D eigenvalue weighted by Gasteiger charge is -2.30. The maximum absolute atomic E-state index is 12.1. The van der Waals surface area contributed by atoms with E-state index in [1.807, 2.05) is 18.2 Å². The summed E-state index contributed by atoms with van der Waals surface area (Å²) in [5.74, 6) is 5.53. The molecule has 1 aromatic carbocycles. The normalized spacial score (nSPS) is 16.9. The molecule has 110 valence electrons. The molecule has 1 aliphatic rings. The van der Waals surface area contributed by atoms with E-state index in [-0.39, 0.29) is 16.8 Å². The smallest absolute Gasteiger partial charge is 0.243 e. The first-order chi connectivity index (χ1) is 10.1. The number of nitrogen functional groups attached to an aromatic ring is 1. The second-order valence-corrected chi connectivity index (χ2v) is 6.61. The molecule has 21 heavy (non-hydrogen) atoms. The fourth-order valence-electron chi connectivity index (χ4n) is 2.37. The monoisotopic (exact) mass is 305 g/mol. The van der Waals surface area contributed by atoms with Gasteiger partial charge in [0.05, 0.1) is 12.4 Å². The standard InChI is InChI=1S/C13H15N5O2S/c14-18-13-15-7-11(8-16-13)21(19,20)17-6-10-5-9-3-1-2-4-12(9)10/h1-4,7-8,10,17H,5-6,14H2,(H,15,16,18). The first-order valence-electron chi connectivity index (χ1n) is 6.46. The van der Waals surface area contributed by atoms with Gasteiger partial charge >= 0.3 is 0 Å². The van der Waals surface area contributed by atoms with Crippen molar-refractivity contribution in [1.82, 2.24) is 14.7 Å². The Balaban J connectivity index is 1.67. The largest absolute Gasteiger partial charge is 0.292 e. The van der Waals surface area contributed by atoms with Gasteiger partial charge < -0.3 is 0 Å². The van der Waals surface area contributed by atoms with Crippen LogP contribution in [-0.2, 0) is 16.4 Å². The molecule has 0 amide bonds. The third-order valence-electron chi connectivity index (χ3n) is 3.55. The minimum absolute atomic E-state index is 0.0223. The van der Waals surface area contributed by atoms with E-state index in [1.54, 1.807) is 0 Å². The van der Waals surface area contributed by atoms with Gasteiger partial charge in [-0.1, -0.05) is 24.3 Å². The first kappa shape index (κ1) is 13.9. The van der Waals surface area contributed by atoms with E-state index < -0.39 is 10.0 Å². The van der Waals surface area contributed by atoms with Gasteiger partial charge in [-0.3, -0.25) is 5.43 Å². The highest BCUT2D eigenvalue weighted by molar-refractivity contribution is 7.89. The van der Waals surface area contributed by atoms with Crippen molar-refractivity contribution >= 4 is 16.0 Å². The maximum atomic E-state index is 12.1. The summed E-state index contributed by atoms with van der Waals surface area (Å²) in [5.41, 5.74) is 4.74. The zero-order valence-electron chi connectivity index (χ0n) is 11.2. The predicted molar refractivity (Wildman–Crippen MR) is 77.9 cm³/mol. The minimum Gasteiger partial charge on any atom is -0.292 e. The molecule has 8 heteroatoms. The van der Waals surface area contributed by atoms with Gasteiger partial charge in [0.2, 0.25) is 16.0 Å². The summed E-state index contributed by atoms with van der Waals surface area (Å²) in [7, 11) is -3.60. The van der Waals surface area contributed by atoms with Crippen LogP contribution in [0.4, 0.5) is 5.95 Å². The van der Waals surface area contributed by atoms with Crippen LogP contribution in [0.3, 0.4) is 0 Å². The number of aromatic nitrogens is 2. The summed E-state index contributed by atoms with van der Waals surface area (Å²) in [6.07, 6.45) is 3.34. The molecule has 1 aromatic heterocycles. The number of hydrogen-bond acceptors (Lipinski definition) is 6. The molecule has 3 rings (SSSR count). The fraction of sp³-hybridized carbons (Fsp3) is 0.231. The van der Waals surface area contributed by atoms with Crippen LogP contribution in [0.5, 0.6) is 0 Å². The highest BCUT2D eigenvalue weighted by Crippen LogP contribution is 2.34. The van der Waals surface area contributed by atoms with Gasteiger partial charge in [-0.2, -0.15) is 0 Å². The highest BCUT2D eigenvalue weighted by Gasteiger charge is 2.27. The van der Waals surface area contributed by atoms with Gasteiger partial charge in [0.25, 0.3) is 0 Å². The van der Waals surface area contributed by atoms with E-state index >= 15 is 0 Å². The Labute approximate surface area is 122 Å². The Kier molecular flexibility index (Phi) is 3.58. The lowest BCUT2D eigenvalue weighted by atomic mass is 9.78. The van der Waals surface area contributed by atoms with Gasteiger partial charge in [0.1, 0.15) is 4.90 Å². The van der Waals surface area contributed by atoms with Crippen molar-refractivity contribution in [2.24, 2.45) is 5.84 Å². The molecule has 0 spiro atoms. The van der Waals surface area contributed by atoms with Gasteiger partial charge in [-0.25, -0.2) is 29.0 Å². The molecule has 4 N–H and O–H groups in total. The molecule has 1 heterocycles.